The molecule has 0 spiro atoms. The van der Waals surface area contributed by atoms with Gasteiger partial charge in [0.15, 0.2) is 5.96 Å². The number of aryl methyl sites for hydroxylation is 2. The summed E-state index contributed by atoms with van der Waals surface area (Å²) in [6, 6.07) is 0.0543. The summed E-state index contributed by atoms with van der Waals surface area (Å²) in [7, 11) is -2.93. The highest BCUT2D eigenvalue weighted by Gasteiger charge is 2.09. The van der Waals surface area contributed by atoms with Gasteiger partial charge in [0.2, 0.25) is 0 Å². The van der Waals surface area contributed by atoms with Gasteiger partial charge in [0, 0.05) is 31.1 Å². The van der Waals surface area contributed by atoms with Crippen LogP contribution in [-0.2, 0) is 16.3 Å². The fourth-order valence-corrected chi connectivity index (χ4v) is 2.89. The summed E-state index contributed by atoms with van der Waals surface area (Å²) in [5.74, 6) is 0.915. The lowest BCUT2D eigenvalue weighted by molar-refractivity contribution is 0.581. The summed E-state index contributed by atoms with van der Waals surface area (Å²) in [6.45, 7) is 7.46. The molecule has 0 aromatic carbocycles. The molecule has 1 aromatic heterocycles. The average molecular weight is 471 g/mol. The predicted molar refractivity (Wildman–Crippen MR) is 110 cm³/mol. The molecule has 0 radical (unpaired) electrons. The van der Waals surface area contributed by atoms with Gasteiger partial charge in [0.05, 0.1) is 11.9 Å². The molecule has 1 rings (SSSR count). The number of hydrogen-bond acceptors (Lipinski definition) is 4. The normalized spacial score (nSPS) is 13.2. The van der Waals surface area contributed by atoms with Crippen molar-refractivity contribution in [1.82, 2.24) is 20.8 Å². The molecule has 1 heterocycles. The zero-order chi connectivity index (χ0) is 17.3. The first-order valence-corrected chi connectivity index (χ1v) is 10.1. The number of aliphatic imine (C=N–C) groups is 1. The fourth-order valence-electron chi connectivity index (χ4n) is 2.10. The molecule has 9 heteroatoms. The highest BCUT2D eigenvalue weighted by molar-refractivity contribution is 14.0. The van der Waals surface area contributed by atoms with Crippen molar-refractivity contribution in [2.75, 3.05) is 25.1 Å². The lowest BCUT2D eigenvalue weighted by atomic mass is 10.1. The van der Waals surface area contributed by atoms with E-state index in [4.69, 9.17) is 0 Å². The number of H-pyrrole nitrogens is 1. The highest BCUT2D eigenvalue weighted by Crippen LogP contribution is 2.05. The van der Waals surface area contributed by atoms with Crippen molar-refractivity contribution < 1.29 is 8.42 Å². The average Bonchev–Trinajstić information content (AvgIpc) is 2.86. The Labute approximate surface area is 162 Å². The molecule has 1 aromatic rings. The van der Waals surface area contributed by atoms with E-state index in [-0.39, 0.29) is 35.8 Å². The Morgan fingerprint density at radius 3 is 2.71 bits per heavy atom. The Balaban J connectivity index is 0.00000529. The third-order valence-electron chi connectivity index (χ3n) is 3.46. The van der Waals surface area contributed by atoms with Gasteiger partial charge in [-0.3, -0.25) is 10.1 Å². The first kappa shape index (κ1) is 23.2. The van der Waals surface area contributed by atoms with E-state index in [2.05, 4.69) is 25.8 Å². The Kier molecular flexibility index (Phi) is 11.3. The number of nitrogens with one attached hydrogen (secondary N) is 3. The van der Waals surface area contributed by atoms with Crippen LogP contribution in [0.25, 0.3) is 0 Å². The molecule has 0 bridgehead atoms. The number of nitrogens with zero attached hydrogens (tertiary/aromatic N) is 2. The van der Waals surface area contributed by atoms with Gasteiger partial charge in [-0.15, -0.1) is 24.0 Å². The van der Waals surface area contributed by atoms with Gasteiger partial charge in [0.25, 0.3) is 0 Å². The summed E-state index contributed by atoms with van der Waals surface area (Å²) >= 11 is 0. The van der Waals surface area contributed by atoms with Crippen molar-refractivity contribution in [2.24, 2.45) is 4.99 Å². The number of sulfone groups is 1. The van der Waals surface area contributed by atoms with E-state index in [9.17, 15) is 8.42 Å². The maximum absolute atomic E-state index is 11.2. The van der Waals surface area contributed by atoms with Crippen molar-refractivity contribution in [3.8, 4) is 0 Å². The van der Waals surface area contributed by atoms with Crippen molar-refractivity contribution in [3.63, 3.8) is 0 Å². The Hall–Kier alpha value is -0.840. The monoisotopic (exact) mass is 471 g/mol. The minimum absolute atomic E-state index is 0. The van der Waals surface area contributed by atoms with Crippen LogP contribution in [0.15, 0.2) is 11.2 Å². The fraction of sp³-hybridized carbons (Fsp3) is 0.733. The van der Waals surface area contributed by atoms with Gasteiger partial charge in [-0.1, -0.05) is 0 Å². The number of hydrogen-bond donors (Lipinski definition) is 3. The summed E-state index contributed by atoms with van der Waals surface area (Å²) in [5, 5.41) is 13.4. The van der Waals surface area contributed by atoms with Gasteiger partial charge < -0.3 is 10.6 Å². The smallest absolute Gasteiger partial charge is 0.191 e. The molecule has 0 saturated carbocycles. The summed E-state index contributed by atoms with van der Waals surface area (Å²) in [4.78, 5) is 4.54. The largest absolute Gasteiger partial charge is 0.357 e. The van der Waals surface area contributed by atoms with E-state index in [0.717, 1.165) is 31.0 Å². The van der Waals surface area contributed by atoms with Crippen LogP contribution in [-0.4, -0.2) is 55.7 Å². The highest BCUT2D eigenvalue weighted by atomic mass is 127. The van der Waals surface area contributed by atoms with Crippen LogP contribution in [0.3, 0.4) is 0 Å². The molecule has 0 aliphatic heterocycles. The van der Waals surface area contributed by atoms with Crippen molar-refractivity contribution in [1.29, 1.82) is 0 Å². The van der Waals surface area contributed by atoms with E-state index in [0.29, 0.717) is 13.0 Å². The number of halogens is 1. The van der Waals surface area contributed by atoms with Gasteiger partial charge in [0.1, 0.15) is 9.84 Å². The first-order chi connectivity index (χ1) is 10.8. The molecule has 0 aliphatic carbocycles. The Bertz CT molecular complexity index is 601. The molecule has 0 fully saturated rings. The van der Waals surface area contributed by atoms with E-state index in [1.165, 1.54) is 11.8 Å². The van der Waals surface area contributed by atoms with Crippen LogP contribution < -0.4 is 10.6 Å². The molecule has 140 valence electrons. The summed E-state index contributed by atoms with van der Waals surface area (Å²) < 4.78 is 22.4. The first-order valence-electron chi connectivity index (χ1n) is 8.03. The van der Waals surface area contributed by atoms with E-state index in [1.54, 1.807) is 0 Å². The summed E-state index contributed by atoms with van der Waals surface area (Å²) in [6.07, 6.45) is 5.56. The van der Waals surface area contributed by atoms with Gasteiger partial charge in [-0.05, 0) is 45.6 Å². The lowest BCUT2D eigenvalue weighted by Gasteiger charge is -2.17. The molecule has 0 saturated heterocycles. The second kappa shape index (κ2) is 11.7. The second-order valence-electron chi connectivity index (χ2n) is 5.85. The minimum atomic E-state index is -2.93. The SMILES string of the molecule is CCNC(=NCCCc1cn[nH]c1C)NC(C)CCS(C)(=O)=O.I. The van der Waals surface area contributed by atoms with Crippen LogP contribution in [0.5, 0.6) is 0 Å². The van der Waals surface area contributed by atoms with Crippen LogP contribution in [0.1, 0.15) is 37.9 Å². The molecular formula is C15H30IN5O2S. The number of aromatic amines is 1. The third kappa shape index (κ3) is 10.1. The molecule has 24 heavy (non-hydrogen) atoms. The topological polar surface area (TPSA) is 99.2 Å². The van der Waals surface area contributed by atoms with Gasteiger partial charge in [-0.2, -0.15) is 5.10 Å². The van der Waals surface area contributed by atoms with Crippen LogP contribution >= 0.6 is 24.0 Å². The number of guanidine groups is 1. The zero-order valence-corrected chi connectivity index (χ0v) is 18.1. The Morgan fingerprint density at radius 1 is 1.46 bits per heavy atom. The lowest BCUT2D eigenvalue weighted by Crippen LogP contribution is -2.42. The maximum Gasteiger partial charge on any atom is 0.191 e. The van der Waals surface area contributed by atoms with Gasteiger partial charge >= 0.3 is 0 Å². The maximum atomic E-state index is 11.2. The van der Waals surface area contributed by atoms with E-state index < -0.39 is 9.84 Å². The van der Waals surface area contributed by atoms with Crippen molar-refractivity contribution >= 4 is 39.8 Å². The van der Waals surface area contributed by atoms with Crippen molar-refractivity contribution in [2.45, 2.75) is 46.1 Å². The van der Waals surface area contributed by atoms with Crippen LogP contribution in [0, 0.1) is 6.92 Å². The molecular weight excluding hydrogens is 441 g/mol. The van der Waals surface area contributed by atoms with E-state index >= 15 is 0 Å². The predicted octanol–water partition coefficient (Wildman–Crippen LogP) is 1.65. The van der Waals surface area contributed by atoms with Crippen LogP contribution in [0.2, 0.25) is 0 Å². The standard InChI is InChI=1S/C15H29N5O2S.HI/c1-5-16-15(19-12(2)8-10-23(4,21)22)17-9-6-7-14-11-18-20-13(14)3;/h11-12H,5-10H2,1-4H3,(H,18,20)(H2,16,17,19);1H. The molecule has 0 amide bonds. The van der Waals surface area contributed by atoms with Gasteiger partial charge in [-0.25, -0.2) is 8.42 Å². The third-order valence-corrected chi connectivity index (χ3v) is 4.43. The quantitative estimate of drug-likeness (QED) is 0.220. The molecule has 0 aliphatic rings. The molecule has 1 unspecified atom stereocenters. The zero-order valence-electron chi connectivity index (χ0n) is 14.9. The van der Waals surface area contributed by atoms with Crippen molar-refractivity contribution in [3.05, 3.63) is 17.5 Å². The van der Waals surface area contributed by atoms with E-state index in [1.807, 2.05) is 27.0 Å². The molecule has 1 atom stereocenters. The number of aromatic nitrogens is 2. The molecule has 3 N–H and O–H groups in total. The minimum Gasteiger partial charge on any atom is -0.357 e. The summed E-state index contributed by atoms with van der Waals surface area (Å²) in [5.41, 5.74) is 2.33. The number of rotatable bonds is 9. The second-order valence-corrected chi connectivity index (χ2v) is 8.11. The Morgan fingerprint density at radius 2 is 2.17 bits per heavy atom. The van der Waals surface area contributed by atoms with Crippen LogP contribution in [0.4, 0.5) is 0 Å². The molecule has 7 nitrogen and oxygen atoms in total.